The Morgan fingerprint density at radius 3 is 2.83 bits per heavy atom. The summed E-state index contributed by atoms with van der Waals surface area (Å²) in [4.78, 5) is 14.0. The van der Waals surface area contributed by atoms with Crippen LogP contribution in [-0.2, 0) is 0 Å². The highest BCUT2D eigenvalue weighted by molar-refractivity contribution is 5.82. The summed E-state index contributed by atoms with van der Waals surface area (Å²) in [5, 5.41) is 8.48. The van der Waals surface area contributed by atoms with Gasteiger partial charge in [0.2, 0.25) is 0 Å². The highest BCUT2D eigenvalue weighted by Crippen LogP contribution is 2.18. The Labute approximate surface area is 69.0 Å². The van der Waals surface area contributed by atoms with Crippen molar-refractivity contribution in [2.24, 2.45) is 0 Å². The number of aromatic carboxylic acids is 1. The molecule has 0 aliphatic rings. The Morgan fingerprint density at radius 1 is 1.75 bits per heavy atom. The molecule has 0 radical (unpaired) electrons. The minimum Gasteiger partial charge on any atom is -0.474 e. The lowest BCUT2D eigenvalue weighted by Gasteiger charge is -1.95. The predicted octanol–water partition coefficient (Wildman–Crippen LogP) is 1.08. The number of carbonyl (C=O) groups is 1. The minimum absolute atomic E-state index is 0.176. The molecular weight excluding hydrogens is 162 g/mol. The Kier molecular flexibility index (Phi) is 2.32. The number of oxazole rings is 1. The third-order valence-corrected chi connectivity index (χ3v) is 1.21. The van der Waals surface area contributed by atoms with Gasteiger partial charge in [0.05, 0.1) is 6.61 Å². The molecular formula is C7H9NO4. The van der Waals surface area contributed by atoms with Crippen LogP contribution in [0.3, 0.4) is 0 Å². The van der Waals surface area contributed by atoms with E-state index in [2.05, 4.69) is 4.98 Å². The van der Waals surface area contributed by atoms with Crippen molar-refractivity contribution >= 4 is 5.97 Å². The molecule has 0 bridgehead atoms. The van der Waals surface area contributed by atoms with Crippen molar-refractivity contribution < 1.29 is 19.1 Å². The van der Waals surface area contributed by atoms with Crippen LogP contribution in [0.4, 0.5) is 0 Å². The normalized spacial score (nSPS) is 9.83. The standard InChI is InChI=1S/C7H9NO4/c1-3-11-7-4(2)8-5(12-7)6(9)10/h3H2,1-2H3,(H,9,10). The van der Waals surface area contributed by atoms with E-state index in [1.54, 1.807) is 13.8 Å². The van der Waals surface area contributed by atoms with Crippen LogP contribution in [0.15, 0.2) is 4.42 Å². The summed E-state index contributed by atoms with van der Waals surface area (Å²) >= 11 is 0. The Bertz CT molecular complexity index is 292. The first-order valence-corrected chi connectivity index (χ1v) is 3.48. The van der Waals surface area contributed by atoms with Gasteiger partial charge in [0, 0.05) is 0 Å². The fourth-order valence-electron chi connectivity index (χ4n) is 0.739. The van der Waals surface area contributed by atoms with Crippen LogP contribution in [-0.4, -0.2) is 22.7 Å². The Balaban J connectivity index is 2.92. The van der Waals surface area contributed by atoms with Gasteiger partial charge in [0.1, 0.15) is 5.69 Å². The molecule has 0 amide bonds. The van der Waals surface area contributed by atoms with Crippen molar-refractivity contribution in [1.82, 2.24) is 4.98 Å². The molecule has 1 N–H and O–H groups in total. The van der Waals surface area contributed by atoms with Crippen molar-refractivity contribution in [1.29, 1.82) is 0 Å². The van der Waals surface area contributed by atoms with Gasteiger partial charge in [-0.3, -0.25) is 0 Å². The monoisotopic (exact) mass is 171 g/mol. The van der Waals surface area contributed by atoms with E-state index < -0.39 is 5.97 Å². The topological polar surface area (TPSA) is 72.6 Å². The zero-order valence-electron chi connectivity index (χ0n) is 6.83. The van der Waals surface area contributed by atoms with E-state index in [-0.39, 0.29) is 11.8 Å². The van der Waals surface area contributed by atoms with E-state index in [4.69, 9.17) is 14.3 Å². The third kappa shape index (κ3) is 1.55. The molecule has 0 atom stereocenters. The van der Waals surface area contributed by atoms with E-state index in [1.807, 2.05) is 0 Å². The quantitative estimate of drug-likeness (QED) is 0.736. The van der Waals surface area contributed by atoms with Crippen molar-refractivity contribution in [2.75, 3.05) is 6.61 Å². The van der Waals surface area contributed by atoms with Gasteiger partial charge in [-0.05, 0) is 13.8 Å². The van der Waals surface area contributed by atoms with Gasteiger partial charge in [-0.15, -0.1) is 0 Å². The molecule has 1 rings (SSSR count). The van der Waals surface area contributed by atoms with Gasteiger partial charge < -0.3 is 14.3 Å². The van der Waals surface area contributed by atoms with Gasteiger partial charge in [-0.25, -0.2) is 9.78 Å². The van der Waals surface area contributed by atoms with Gasteiger partial charge in [-0.1, -0.05) is 0 Å². The molecule has 0 spiro atoms. The van der Waals surface area contributed by atoms with Crippen molar-refractivity contribution in [3.05, 3.63) is 11.6 Å². The highest BCUT2D eigenvalue weighted by Gasteiger charge is 2.15. The van der Waals surface area contributed by atoms with Crippen LogP contribution in [0, 0.1) is 6.92 Å². The maximum atomic E-state index is 10.4. The molecule has 5 heteroatoms. The predicted molar refractivity (Wildman–Crippen MR) is 39.4 cm³/mol. The molecule has 1 heterocycles. The van der Waals surface area contributed by atoms with E-state index in [0.29, 0.717) is 12.3 Å². The fourth-order valence-corrected chi connectivity index (χ4v) is 0.739. The molecule has 66 valence electrons. The first-order chi connectivity index (χ1) is 5.65. The van der Waals surface area contributed by atoms with Crippen LogP contribution in [0.1, 0.15) is 23.3 Å². The zero-order chi connectivity index (χ0) is 9.14. The second-order valence-corrected chi connectivity index (χ2v) is 2.13. The van der Waals surface area contributed by atoms with Crippen molar-refractivity contribution in [3.8, 4) is 5.95 Å². The maximum Gasteiger partial charge on any atom is 0.392 e. The molecule has 0 saturated carbocycles. The second-order valence-electron chi connectivity index (χ2n) is 2.13. The summed E-state index contributed by atoms with van der Waals surface area (Å²) in [5.74, 6) is -1.35. The number of ether oxygens (including phenoxy) is 1. The number of hydrogen-bond donors (Lipinski definition) is 1. The number of rotatable bonds is 3. The molecule has 0 aromatic carbocycles. The molecule has 1 aromatic rings. The first-order valence-electron chi connectivity index (χ1n) is 3.48. The van der Waals surface area contributed by atoms with Crippen LogP contribution in [0.2, 0.25) is 0 Å². The van der Waals surface area contributed by atoms with Gasteiger partial charge >= 0.3 is 17.8 Å². The molecule has 1 aromatic heterocycles. The summed E-state index contributed by atoms with van der Waals surface area (Å²) in [6, 6.07) is 0. The number of aromatic nitrogens is 1. The average molecular weight is 171 g/mol. The van der Waals surface area contributed by atoms with Gasteiger partial charge in [-0.2, -0.15) is 0 Å². The molecule has 0 saturated heterocycles. The molecule has 12 heavy (non-hydrogen) atoms. The molecule has 0 aliphatic carbocycles. The summed E-state index contributed by atoms with van der Waals surface area (Å²) in [6.45, 7) is 3.83. The lowest BCUT2D eigenvalue weighted by Crippen LogP contribution is -1.95. The van der Waals surface area contributed by atoms with E-state index in [0.717, 1.165) is 0 Å². The zero-order valence-corrected chi connectivity index (χ0v) is 6.83. The van der Waals surface area contributed by atoms with Gasteiger partial charge in [0.15, 0.2) is 0 Å². The first kappa shape index (κ1) is 8.58. The molecule has 5 nitrogen and oxygen atoms in total. The van der Waals surface area contributed by atoms with Gasteiger partial charge in [0.25, 0.3) is 0 Å². The van der Waals surface area contributed by atoms with Crippen LogP contribution in [0.5, 0.6) is 5.95 Å². The van der Waals surface area contributed by atoms with E-state index in [1.165, 1.54) is 0 Å². The number of carboxylic acid groups (broad SMARTS) is 1. The minimum atomic E-state index is -1.19. The Morgan fingerprint density at radius 2 is 2.42 bits per heavy atom. The largest absolute Gasteiger partial charge is 0.474 e. The SMILES string of the molecule is CCOc1oc(C(=O)O)nc1C. The fraction of sp³-hybridized carbons (Fsp3) is 0.429. The third-order valence-electron chi connectivity index (χ3n) is 1.21. The van der Waals surface area contributed by atoms with Crippen LogP contribution < -0.4 is 4.74 Å². The molecule has 0 fully saturated rings. The van der Waals surface area contributed by atoms with Crippen molar-refractivity contribution in [2.45, 2.75) is 13.8 Å². The Hall–Kier alpha value is -1.52. The van der Waals surface area contributed by atoms with Crippen LogP contribution >= 0.6 is 0 Å². The van der Waals surface area contributed by atoms with Crippen LogP contribution in [0.25, 0.3) is 0 Å². The molecule has 0 unspecified atom stereocenters. The lowest BCUT2D eigenvalue weighted by atomic mass is 10.5. The lowest BCUT2D eigenvalue weighted by molar-refractivity contribution is 0.0645. The van der Waals surface area contributed by atoms with E-state index >= 15 is 0 Å². The summed E-state index contributed by atoms with van der Waals surface area (Å²) < 4.78 is 9.76. The number of carboxylic acids is 1. The number of aryl methyl sites for hydroxylation is 1. The number of nitrogens with zero attached hydrogens (tertiary/aromatic N) is 1. The summed E-state index contributed by atoms with van der Waals surface area (Å²) in [6.07, 6.45) is 0. The number of hydrogen-bond acceptors (Lipinski definition) is 4. The summed E-state index contributed by atoms with van der Waals surface area (Å²) in [5.41, 5.74) is 0.453. The average Bonchev–Trinajstić information content (AvgIpc) is 2.34. The maximum absolute atomic E-state index is 10.4. The second kappa shape index (κ2) is 3.25. The van der Waals surface area contributed by atoms with E-state index in [9.17, 15) is 4.79 Å². The highest BCUT2D eigenvalue weighted by atomic mass is 16.6. The van der Waals surface area contributed by atoms with Crippen molar-refractivity contribution in [3.63, 3.8) is 0 Å². The smallest absolute Gasteiger partial charge is 0.392 e. The summed E-state index contributed by atoms with van der Waals surface area (Å²) in [7, 11) is 0. The molecule has 0 aliphatic heterocycles.